The Morgan fingerprint density at radius 3 is 2.58 bits per heavy atom. The molecule has 0 amide bonds. The smallest absolute Gasteiger partial charge is 0.337 e. The van der Waals surface area contributed by atoms with Gasteiger partial charge >= 0.3 is 5.97 Å². The van der Waals surface area contributed by atoms with Crippen molar-refractivity contribution in [2.45, 2.75) is 32.8 Å². The average molecular weight is 420 g/mol. The van der Waals surface area contributed by atoms with Gasteiger partial charge in [-0.15, -0.1) is 0 Å². The summed E-state index contributed by atoms with van der Waals surface area (Å²) in [5, 5.41) is 22.7. The van der Waals surface area contributed by atoms with Crippen molar-refractivity contribution >= 4 is 17.0 Å². The fraction of sp³-hybridized carbons (Fsp3) is 0.227. The van der Waals surface area contributed by atoms with Gasteiger partial charge in [0.15, 0.2) is 0 Å². The van der Waals surface area contributed by atoms with E-state index >= 15 is 0 Å². The van der Waals surface area contributed by atoms with Gasteiger partial charge in [-0.25, -0.2) is 9.42 Å². The van der Waals surface area contributed by atoms with Crippen molar-refractivity contribution in [3.05, 3.63) is 92.4 Å². The van der Waals surface area contributed by atoms with Crippen LogP contribution in [0.2, 0.25) is 0 Å². The van der Waals surface area contributed by atoms with Crippen LogP contribution in [0.5, 0.6) is 0 Å². The SMILES string of the molecule is CC1=C(C(=O)OC(C)c2ccccc2)[C@H](c2cccc3nonc23)C([N+](=O)[O-])=C(C)N1. The molecule has 31 heavy (non-hydrogen) atoms. The van der Waals surface area contributed by atoms with Gasteiger partial charge < -0.3 is 10.1 Å². The molecule has 1 aliphatic heterocycles. The second-order valence-electron chi connectivity index (χ2n) is 7.30. The number of nitrogens with zero attached hydrogens (tertiary/aromatic N) is 3. The minimum Gasteiger partial charge on any atom is -0.454 e. The van der Waals surface area contributed by atoms with Crippen LogP contribution in [0.1, 0.15) is 43.9 Å². The van der Waals surface area contributed by atoms with Crippen LogP contribution >= 0.6 is 0 Å². The van der Waals surface area contributed by atoms with E-state index in [0.29, 0.717) is 28.0 Å². The molecule has 0 bridgehead atoms. The Labute approximate surface area is 177 Å². The Morgan fingerprint density at radius 1 is 1.13 bits per heavy atom. The normalized spacial score (nSPS) is 17.5. The molecule has 4 rings (SSSR count). The monoisotopic (exact) mass is 420 g/mol. The van der Waals surface area contributed by atoms with Crippen molar-refractivity contribution in [1.29, 1.82) is 0 Å². The quantitative estimate of drug-likeness (QED) is 0.374. The van der Waals surface area contributed by atoms with E-state index < -0.39 is 22.9 Å². The molecule has 2 atom stereocenters. The Morgan fingerprint density at radius 2 is 1.87 bits per heavy atom. The van der Waals surface area contributed by atoms with E-state index in [1.807, 2.05) is 30.3 Å². The highest BCUT2D eigenvalue weighted by atomic mass is 16.6. The molecule has 0 aliphatic carbocycles. The Kier molecular flexibility index (Phi) is 5.24. The number of fused-ring (bicyclic) bond motifs is 1. The van der Waals surface area contributed by atoms with Crippen LogP contribution < -0.4 is 5.32 Å². The maximum atomic E-state index is 13.3. The predicted octanol–water partition coefficient (Wildman–Crippen LogP) is 4.00. The molecule has 0 fully saturated rings. The summed E-state index contributed by atoms with van der Waals surface area (Å²) in [6.45, 7) is 5.05. The first-order valence-electron chi connectivity index (χ1n) is 9.68. The zero-order valence-corrected chi connectivity index (χ0v) is 17.2. The molecule has 158 valence electrons. The summed E-state index contributed by atoms with van der Waals surface area (Å²) in [7, 11) is 0. The zero-order valence-electron chi connectivity index (χ0n) is 17.2. The minimum atomic E-state index is -0.998. The number of nitrogens with one attached hydrogen (secondary N) is 1. The first-order chi connectivity index (χ1) is 14.9. The van der Waals surface area contributed by atoms with Crippen molar-refractivity contribution in [3.8, 4) is 0 Å². The second-order valence-corrected chi connectivity index (χ2v) is 7.30. The fourth-order valence-corrected chi connectivity index (χ4v) is 3.87. The van der Waals surface area contributed by atoms with Gasteiger partial charge in [0.05, 0.1) is 16.2 Å². The molecule has 1 aliphatic rings. The molecule has 1 aromatic heterocycles. The topological polar surface area (TPSA) is 120 Å². The molecule has 0 saturated carbocycles. The van der Waals surface area contributed by atoms with Crippen LogP contribution in [0.25, 0.3) is 11.0 Å². The number of nitro groups is 1. The number of esters is 1. The molecule has 2 heterocycles. The number of carbonyl (C=O) groups excluding carboxylic acids is 1. The number of aromatic nitrogens is 2. The van der Waals surface area contributed by atoms with Gasteiger partial charge in [-0.05, 0) is 42.7 Å². The minimum absolute atomic E-state index is 0.149. The average Bonchev–Trinajstić information content (AvgIpc) is 3.22. The highest BCUT2D eigenvalue weighted by Gasteiger charge is 2.42. The third-order valence-corrected chi connectivity index (χ3v) is 5.32. The van der Waals surface area contributed by atoms with Crippen molar-refractivity contribution in [2.75, 3.05) is 0 Å². The van der Waals surface area contributed by atoms with Crippen LogP contribution in [0, 0.1) is 10.1 Å². The highest BCUT2D eigenvalue weighted by Crippen LogP contribution is 2.41. The summed E-state index contributed by atoms with van der Waals surface area (Å²) in [4.78, 5) is 24.8. The summed E-state index contributed by atoms with van der Waals surface area (Å²) in [6, 6.07) is 14.3. The highest BCUT2D eigenvalue weighted by molar-refractivity contribution is 5.94. The first-order valence-corrected chi connectivity index (χ1v) is 9.68. The van der Waals surface area contributed by atoms with Crippen molar-refractivity contribution < 1.29 is 19.1 Å². The van der Waals surface area contributed by atoms with E-state index in [1.54, 1.807) is 39.0 Å². The summed E-state index contributed by atoms with van der Waals surface area (Å²) in [5.74, 6) is -1.64. The number of hydrogen-bond acceptors (Lipinski definition) is 8. The van der Waals surface area contributed by atoms with E-state index in [9.17, 15) is 14.9 Å². The Bertz CT molecular complexity index is 1230. The number of benzene rings is 2. The molecule has 0 spiro atoms. The summed E-state index contributed by atoms with van der Waals surface area (Å²) in [6.07, 6.45) is -0.537. The summed E-state index contributed by atoms with van der Waals surface area (Å²) >= 11 is 0. The van der Waals surface area contributed by atoms with Crippen LogP contribution in [-0.4, -0.2) is 21.2 Å². The van der Waals surface area contributed by atoms with Gasteiger partial charge in [0.1, 0.15) is 23.1 Å². The van der Waals surface area contributed by atoms with E-state index in [0.717, 1.165) is 5.56 Å². The van der Waals surface area contributed by atoms with E-state index in [-0.39, 0.29) is 11.3 Å². The lowest BCUT2D eigenvalue weighted by Gasteiger charge is -2.27. The zero-order chi connectivity index (χ0) is 22.1. The molecule has 0 saturated heterocycles. The van der Waals surface area contributed by atoms with E-state index in [1.165, 1.54) is 0 Å². The van der Waals surface area contributed by atoms with Crippen LogP contribution in [0.4, 0.5) is 0 Å². The second kappa shape index (κ2) is 8.02. The lowest BCUT2D eigenvalue weighted by atomic mass is 9.83. The number of dihydropyridines is 1. The molecular weight excluding hydrogens is 400 g/mol. The van der Waals surface area contributed by atoms with Crippen molar-refractivity contribution in [1.82, 2.24) is 15.6 Å². The molecule has 9 nitrogen and oxygen atoms in total. The molecule has 9 heteroatoms. The number of hydrogen-bond donors (Lipinski definition) is 1. The maximum Gasteiger partial charge on any atom is 0.337 e. The Hall–Kier alpha value is -4.01. The predicted molar refractivity (Wildman–Crippen MR) is 111 cm³/mol. The Balaban J connectivity index is 1.81. The van der Waals surface area contributed by atoms with Crippen LogP contribution in [-0.2, 0) is 9.53 Å². The van der Waals surface area contributed by atoms with Crippen molar-refractivity contribution in [2.24, 2.45) is 0 Å². The van der Waals surface area contributed by atoms with E-state index in [2.05, 4.69) is 15.6 Å². The van der Waals surface area contributed by atoms with Crippen LogP contribution in [0.15, 0.2) is 75.8 Å². The molecule has 2 aromatic carbocycles. The molecule has 3 aromatic rings. The van der Waals surface area contributed by atoms with Gasteiger partial charge in [0, 0.05) is 11.3 Å². The number of allylic oxidation sites excluding steroid dienone is 3. The molecule has 0 radical (unpaired) electrons. The standard InChI is InChI=1S/C22H20N4O5/c1-12-18(22(27)30-14(3)15-8-5-4-6-9-15)19(21(26(28)29)13(2)23-12)16-10-7-11-17-20(16)25-31-24-17/h4-11,14,19,23H,1-3H3/t14?,19-/m0/s1. The van der Waals surface area contributed by atoms with Gasteiger partial charge in [0.25, 0.3) is 5.70 Å². The first kappa shape index (κ1) is 20.3. The third-order valence-electron chi connectivity index (χ3n) is 5.32. The number of rotatable bonds is 5. The van der Waals surface area contributed by atoms with Gasteiger partial charge in [-0.1, -0.05) is 42.5 Å². The molecular formula is C22H20N4O5. The van der Waals surface area contributed by atoms with E-state index in [4.69, 9.17) is 9.37 Å². The lowest BCUT2D eigenvalue weighted by molar-refractivity contribution is -0.431. The van der Waals surface area contributed by atoms with Crippen LogP contribution in [0.3, 0.4) is 0 Å². The third kappa shape index (κ3) is 3.65. The van der Waals surface area contributed by atoms with Crippen molar-refractivity contribution in [3.63, 3.8) is 0 Å². The fourth-order valence-electron chi connectivity index (χ4n) is 3.87. The maximum absolute atomic E-state index is 13.3. The largest absolute Gasteiger partial charge is 0.454 e. The van der Waals surface area contributed by atoms with Gasteiger partial charge in [-0.2, -0.15) is 0 Å². The van der Waals surface area contributed by atoms with Gasteiger partial charge in [0.2, 0.25) is 0 Å². The molecule has 1 unspecified atom stereocenters. The number of ether oxygens (including phenoxy) is 1. The summed E-state index contributed by atoms with van der Waals surface area (Å²) < 4.78 is 10.5. The summed E-state index contributed by atoms with van der Waals surface area (Å²) in [5.41, 5.74) is 2.88. The van der Waals surface area contributed by atoms with Gasteiger partial charge in [-0.3, -0.25) is 10.1 Å². The number of carbonyl (C=O) groups is 1. The lowest BCUT2D eigenvalue weighted by Crippen LogP contribution is -2.32. The molecule has 1 N–H and O–H groups in total.